The molecule has 0 bridgehead atoms. The monoisotopic (exact) mass is 347 g/mol. The molecule has 2 aliphatic heterocycles. The van der Waals surface area contributed by atoms with Gasteiger partial charge in [-0.05, 0) is 19.4 Å². The lowest BCUT2D eigenvalue weighted by Crippen LogP contribution is -2.39. The molecule has 0 unspecified atom stereocenters. The van der Waals surface area contributed by atoms with Crippen LogP contribution in [0.5, 0.6) is 0 Å². The van der Waals surface area contributed by atoms with Crippen LogP contribution in [-0.4, -0.2) is 65.8 Å². The highest BCUT2D eigenvalue weighted by atomic mass is 19.1. The highest BCUT2D eigenvalue weighted by Crippen LogP contribution is 2.21. The molecule has 2 aliphatic rings. The topological polar surface area (TPSA) is 43.9 Å². The molecule has 1 aromatic rings. The summed E-state index contributed by atoms with van der Waals surface area (Å²) >= 11 is 0. The Labute approximate surface area is 148 Å². The van der Waals surface area contributed by atoms with Crippen molar-refractivity contribution in [2.45, 2.75) is 26.3 Å². The minimum Gasteiger partial charge on any atom is -0.342 e. The fourth-order valence-corrected chi connectivity index (χ4v) is 3.72. The average Bonchev–Trinajstić information content (AvgIpc) is 2.84. The van der Waals surface area contributed by atoms with Gasteiger partial charge in [0.1, 0.15) is 5.82 Å². The molecule has 0 radical (unpaired) electrons. The van der Waals surface area contributed by atoms with Crippen molar-refractivity contribution in [3.63, 3.8) is 0 Å². The summed E-state index contributed by atoms with van der Waals surface area (Å²) in [6.07, 6.45) is 1.21. The summed E-state index contributed by atoms with van der Waals surface area (Å²) in [7, 11) is 0. The standard InChI is InChI=1S/C19H26FN3O2/c1-2-22-14-16(12-18(22)24)19(25)23-9-5-8-21(10-11-23)13-15-6-3-4-7-17(15)20/h3-4,6-7,16H,2,5,8-14H2,1H3/t16-/m1/s1. The van der Waals surface area contributed by atoms with Gasteiger partial charge in [0.05, 0.1) is 5.92 Å². The maximum Gasteiger partial charge on any atom is 0.228 e. The van der Waals surface area contributed by atoms with E-state index in [-0.39, 0.29) is 23.5 Å². The third-order valence-corrected chi connectivity index (χ3v) is 5.20. The molecule has 1 aromatic carbocycles. The second-order valence-electron chi connectivity index (χ2n) is 6.88. The highest BCUT2D eigenvalue weighted by Gasteiger charge is 2.36. The van der Waals surface area contributed by atoms with Gasteiger partial charge in [-0.1, -0.05) is 18.2 Å². The van der Waals surface area contributed by atoms with Crippen LogP contribution in [0.1, 0.15) is 25.3 Å². The number of rotatable bonds is 4. The molecule has 0 aliphatic carbocycles. The smallest absolute Gasteiger partial charge is 0.228 e. The molecule has 0 N–H and O–H groups in total. The van der Waals surface area contributed by atoms with Crippen LogP contribution < -0.4 is 0 Å². The molecular formula is C19H26FN3O2. The van der Waals surface area contributed by atoms with E-state index in [4.69, 9.17) is 0 Å². The zero-order valence-electron chi connectivity index (χ0n) is 14.8. The van der Waals surface area contributed by atoms with Crippen molar-refractivity contribution < 1.29 is 14.0 Å². The van der Waals surface area contributed by atoms with Crippen LogP contribution in [0.4, 0.5) is 4.39 Å². The van der Waals surface area contributed by atoms with Gasteiger partial charge in [-0.15, -0.1) is 0 Å². The Morgan fingerprint density at radius 2 is 2.00 bits per heavy atom. The first-order chi connectivity index (χ1) is 12.1. The van der Waals surface area contributed by atoms with Crippen molar-refractivity contribution in [3.05, 3.63) is 35.6 Å². The number of amides is 2. The van der Waals surface area contributed by atoms with Crippen LogP contribution in [0.3, 0.4) is 0 Å². The number of likely N-dealkylation sites (tertiary alicyclic amines) is 1. The van der Waals surface area contributed by atoms with Crippen LogP contribution in [0, 0.1) is 11.7 Å². The van der Waals surface area contributed by atoms with Gasteiger partial charge in [0.15, 0.2) is 0 Å². The van der Waals surface area contributed by atoms with Gasteiger partial charge in [-0.25, -0.2) is 4.39 Å². The molecule has 0 saturated carbocycles. The number of benzene rings is 1. The summed E-state index contributed by atoms with van der Waals surface area (Å²) in [6, 6.07) is 6.85. The molecule has 3 rings (SSSR count). The van der Waals surface area contributed by atoms with Gasteiger partial charge < -0.3 is 9.80 Å². The number of nitrogens with zero attached hydrogens (tertiary/aromatic N) is 3. The lowest BCUT2D eigenvalue weighted by Gasteiger charge is -2.24. The molecule has 136 valence electrons. The second-order valence-corrected chi connectivity index (χ2v) is 6.88. The van der Waals surface area contributed by atoms with Crippen LogP contribution in [0.2, 0.25) is 0 Å². The van der Waals surface area contributed by atoms with E-state index in [1.54, 1.807) is 11.0 Å². The zero-order valence-corrected chi connectivity index (χ0v) is 14.8. The predicted octanol–water partition coefficient (Wildman–Crippen LogP) is 1.73. The van der Waals surface area contributed by atoms with E-state index < -0.39 is 0 Å². The van der Waals surface area contributed by atoms with E-state index in [2.05, 4.69) is 4.90 Å². The van der Waals surface area contributed by atoms with Crippen molar-refractivity contribution in [1.82, 2.24) is 14.7 Å². The Balaban J connectivity index is 1.56. The molecule has 0 spiro atoms. The van der Waals surface area contributed by atoms with Gasteiger partial charge in [0.25, 0.3) is 0 Å². The Hall–Kier alpha value is -1.95. The Bertz CT molecular complexity index is 637. The minimum absolute atomic E-state index is 0.0804. The molecule has 2 heterocycles. The van der Waals surface area contributed by atoms with E-state index in [0.29, 0.717) is 44.7 Å². The van der Waals surface area contributed by atoms with Crippen molar-refractivity contribution in [3.8, 4) is 0 Å². The molecule has 2 amide bonds. The van der Waals surface area contributed by atoms with Crippen LogP contribution in [0.15, 0.2) is 24.3 Å². The van der Waals surface area contributed by atoms with E-state index in [1.165, 1.54) is 6.07 Å². The lowest BCUT2D eigenvalue weighted by atomic mass is 10.1. The van der Waals surface area contributed by atoms with E-state index in [9.17, 15) is 14.0 Å². The molecule has 1 atom stereocenters. The van der Waals surface area contributed by atoms with Crippen LogP contribution in [-0.2, 0) is 16.1 Å². The molecule has 2 fully saturated rings. The van der Waals surface area contributed by atoms with Crippen molar-refractivity contribution in [1.29, 1.82) is 0 Å². The average molecular weight is 347 g/mol. The Morgan fingerprint density at radius 3 is 2.72 bits per heavy atom. The highest BCUT2D eigenvalue weighted by molar-refractivity contribution is 5.89. The van der Waals surface area contributed by atoms with Crippen molar-refractivity contribution >= 4 is 11.8 Å². The molecule has 6 heteroatoms. The normalized spacial score (nSPS) is 22.3. The molecule has 0 aromatic heterocycles. The van der Waals surface area contributed by atoms with Gasteiger partial charge in [-0.2, -0.15) is 0 Å². The van der Waals surface area contributed by atoms with Crippen LogP contribution >= 0.6 is 0 Å². The third-order valence-electron chi connectivity index (χ3n) is 5.20. The maximum atomic E-state index is 13.8. The SMILES string of the molecule is CCN1C[C@H](C(=O)N2CCCN(Cc3ccccc3F)CC2)CC1=O. The van der Waals surface area contributed by atoms with Crippen molar-refractivity contribution in [2.24, 2.45) is 5.92 Å². The number of halogens is 1. The van der Waals surface area contributed by atoms with Gasteiger partial charge in [-0.3, -0.25) is 14.5 Å². The van der Waals surface area contributed by atoms with E-state index >= 15 is 0 Å². The lowest BCUT2D eigenvalue weighted by molar-refractivity contribution is -0.135. The summed E-state index contributed by atoms with van der Waals surface area (Å²) in [4.78, 5) is 30.5. The van der Waals surface area contributed by atoms with Crippen LogP contribution in [0.25, 0.3) is 0 Å². The number of hydrogen-bond donors (Lipinski definition) is 0. The number of hydrogen-bond acceptors (Lipinski definition) is 3. The summed E-state index contributed by atoms with van der Waals surface area (Å²) in [6.45, 7) is 6.66. The van der Waals surface area contributed by atoms with Gasteiger partial charge >= 0.3 is 0 Å². The molecular weight excluding hydrogens is 321 g/mol. The van der Waals surface area contributed by atoms with E-state index in [1.807, 2.05) is 24.0 Å². The predicted molar refractivity (Wildman–Crippen MR) is 93.2 cm³/mol. The largest absolute Gasteiger partial charge is 0.342 e. The summed E-state index contributed by atoms with van der Waals surface area (Å²) in [5, 5.41) is 0. The summed E-state index contributed by atoms with van der Waals surface area (Å²) in [5.41, 5.74) is 0.697. The summed E-state index contributed by atoms with van der Waals surface area (Å²) < 4.78 is 13.8. The van der Waals surface area contributed by atoms with Gasteiger partial charge in [0.2, 0.25) is 11.8 Å². The zero-order chi connectivity index (χ0) is 17.8. The Morgan fingerprint density at radius 1 is 1.20 bits per heavy atom. The molecule has 25 heavy (non-hydrogen) atoms. The maximum absolute atomic E-state index is 13.8. The first-order valence-electron chi connectivity index (χ1n) is 9.10. The number of carbonyl (C=O) groups is 2. The van der Waals surface area contributed by atoms with Gasteiger partial charge in [0, 0.05) is 57.8 Å². The summed E-state index contributed by atoms with van der Waals surface area (Å²) in [5.74, 6) is -0.205. The quantitative estimate of drug-likeness (QED) is 0.833. The molecule has 5 nitrogen and oxygen atoms in total. The number of carbonyl (C=O) groups excluding carboxylic acids is 2. The Kier molecular flexibility index (Phi) is 5.68. The minimum atomic E-state index is -0.203. The van der Waals surface area contributed by atoms with E-state index in [0.717, 1.165) is 19.5 Å². The van der Waals surface area contributed by atoms with Crippen molar-refractivity contribution in [2.75, 3.05) is 39.3 Å². The second kappa shape index (κ2) is 7.95. The fourth-order valence-electron chi connectivity index (χ4n) is 3.72. The first-order valence-corrected chi connectivity index (χ1v) is 9.10. The molecule has 2 saturated heterocycles. The third kappa shape index (κ3) is 4.18. The first kappa shape index (κ1) is 17.9. The fraction of sp³-hybridized carbons (Fsp3) is 0.579.